The Morgan fingerprint density at radius 2 is 1.76 bits per heavy atom. The van der Waals surface area contributed by atoms with Crippen LogP contribution in [-0.2, 0) is 14.3 Å². The van der Waals surface area contributed by atoms with Gasteiger partial charge in [-0.15, -0.1) is 0 Å². The topological polar surface area (TPSA) is 66.8 Å². The van der Waals surface area contributed by atoms with Crippen molar-refractivity contribution in [3.05, 3.63) is 76.3 Å². The number of Topliss-reactive ketones (excluding diaryl/α,β-unsaturated/α-hetero) is 1. The van der Waals surface area contributed by atoms with E-state index in [1.165, 1.54) is 4.90 Å². The first-order chi connectivity index (χ1) is 13.9. The summed E-state index contributed by atoms with van der Waals surface area (Å²) in [7, 11) is 0. The third kappa shape index (κ3) is 4.69. The Balaban J connectivity index is 1.99. The number of carbonyl (C=O) groups excluding carboxylic acids is 2. The summed E-state index contributed by atoms with van der Waals surface area (Å²) in [5, 5.41) is 11.4. The molecular weight excluding hydrogens is 390 g/mol. The lowest BCUT2D eigenvalue weighted by Crippen LogP contribution is -2.31. The zero-order chi connectivity index (χ0) is 21.0. The average Bonchev–Trinajstić information content (AvgIpc) is 2.96. The minimum absolute atomic E-state index is 0.0910. The van der Waals surface area contributed by atoms with Crippen molar-refractivity contribution in [2.45, 2.75) is 32.4 Å². The van der Waals surface area contributed by atoms with Crippen molar-refractivity contribution in [2.75, 3.05) is 13.2 Å². The highest BCUT2D eigenvalue weighted by Crippen LogP contribution is 2.39. The quantitative estimate of drug-likeness (QED) is 0.312. The lowest BCUT2D eigenvalue weighted by molar-refractivity contribution is -0.140. The minimum atomic E-state index is -0.684. The van der Waals surface area contributed by atoms with E-state index in [0.717, 1.165) is 5.56 Å². The summed E-state index contributed by atoms with van der Waals surface area (Å²) in [5.74, 6) is -1.50. The maximum atomic E-state index is 12.9. The van der Waals surface area contributed by atoms with Crippen molar-refractivity contribution in [3.8, 4) is 0 Å². The van der Waals surface area contributed by atoms with E-state index in [9.17, 15) is 14.7 Å². The van der Waals surface area contributed by atoms with Gasteiger partial charge in [-0.1, -0.05) is 41.9 Å². The van der Waals surface area contributed by atoms with E-state index >= 15 is 0 Å². The molecule has 1 N–H and O–H groups in total. The van der Waals surface area contributed by atoms with Gasteiger partial charge in [-0.05, 0) is 50.1 Å². The lowest BCUT2D eigenvalue weighted by Gasteiger charge is -2.25. The molecule has 0 radical (unpaired) electrons. The lowest BCUT2D eigenvalue weighted by atomic mass is 9.95. The molecular formula is C23H24ClNO4. The van der Waals surface area contributed by atoms with E-state index in [1.54, 1.807) is 24.3 Å². The van der Waals surface area contributed by atoms with E-state index in [4.69, 9.17) is 16.3 Å². The molecule has 29 heavy (non-hydrogen) atoms. The second kappa shape index (κ2) is 9.25. The smallest absolute Gasteiger partial charge is 0.295 e. The van der Waals surface area contributed by atoms with Crippen LogP contribution in [0.4, 0.5) is 0 Å². The number of carbonyl (C=O) groups is 2. The molecule has 1 atom stereocenters. The number of likely N-dealkylation sites (tertiary alicyclic amines) is 1. The molecule has 1 fully saturated rings. The second-order valence-electron chi connectivity index (χ2n) is 7.18. The van der Waals surface area contributed by atoms with Gasteiger partial charge >= 0.3 is 0 Å². The molecule has 0 aromatic heterocycles. The Morgan fingerprint density at radius 1 is 1.10 bits per heavy atom. The number of ether oxygens (including phenoxy) is 1. The van der Waals surface area contributed by atoms with E-state index in [2.05, 4.69) is 0 Å². The molecule has 0 bridgehead atoms. The number of aliphatic hydroxyl groups is 1. The van der Waals surface area contributed by atoms with Gasteiger partial charge in [-0.25, -0.2) is 0 Å². The summed E-state index contributed by atoms with van der Waals surface area (Å²) >= 11 is 5.93. The predicted octanol–water partition coefficient (Wildman–Crippen LogP) is 4.58. The number of benzene rings is 2. The number of halogens is 1. The van der Waals surface area contributed by atoms with Crippen molar-refractivity contribution in [1.82, 2.24) is 4.90 Å². The molecule has 1 aliphatic rings. The molecule has 6 heteroatoms. The first-order valence-corrected chi connectivity index (χ1v) is 9.99. The number of rotatable bonds is 7. The largest absolute Gasteiger partial charge is 0.507 e. The van der Waals surface area contributed by atoms with Crippen LogP contribution in [-0.4, -0.2) is 41.0 Å². The highest BCUT2D eigenvalue weighted by Gasteiger charge is 2.45. The molecule has 0 saturated carbocycles. The Labute approximate surface area is 175 Å². The highest BCUT2D eigenvalue weighted by molar-refractivity contribution is 6.46. The molecule has 0 unspecified atom stereocenters. The van der Waals surface area contributed by atoms with Crippen LogP contribution in [0.3, 0.4) is 0 Å². The highest BCUT2D eigenvalue weighted by atomic mass is 35.5. The summed E-state index contributed by atoms with van der Waals surface area (Å²) in [6, 6.07) is 15.1. The summed E-state index contributed by atoms with van der Waals surface area (Å²) in [5.41, 5.74) is 1.30. The maximum absolute atomic E-state index is 12.9. The third-order valence-corrected chi connectivity index (χ3v) is 5.02. The van der Waals surface area contributed by atoms with E-state index < -0.39 is 17.7 Å². The number of aliphatic hydroxyl groups excluding tert-OH is 1. The molecule has 3 rings (SSSR count). The van der Waals surface area contributed by atoms with Gasteiger partial charge in [-0.3, -0.25) is 9.59 Å². The summed E-state index contributed by atoms with van der Waals surface area (Å²) in [6.07, 6.45) is 0.690. The zero-order valence-corrected chi connectivity index (χ0v) is 17.2. The Bertz CT molecular complexity index is 906. The van der Waals surface area contributed by atoms with Crippen molar-refractivity contribution in [2.24, 2.45) is 0 Å². The second-order valence-corrected chi connectivity index (χ2v) is 7.62. The molecule has 1 aliphatic heterocycles. The van der Waals surface area contributed by atoms with Gasteiger partial charge in [0.2, 0.25) is 0 Å². The summed E-state index contributed by atoms with van der Waals surface area (Å²) < 4.78 is 5.56. The average molecular weight is 414 g/mol. The van der Waals surface area contributed by atoms with Gasteiger partial charge in [0.15, 0.2) is 0 Å². The van der Waals surface area contributed by atoms with Crippen molar-refractivity contribution >= 4 is 29.1 Å². The van der Waals surface area contributed by atoms with Gasteiger partial charge in [0, 0.05) is 23.7 Å². The first kappa shape index (κ1) is 21.1. The standard InChI is InChI=1S/C23H24ClNO4/c1-15(2)29-14-6-13-25-20(16-7-4-3-5-8-16)19(22(27)23(25)28)21(26)17-9-11-18(24)12-10-17/h3-5,7-12,15,20,26H,6,13-14H2,1-2H3/t20-/m0/s1. The minimum Gasteiger partial charge on any atom is -0.507 e. The number of amides is 1. The predicted molar refractivity (Wildman–Crippen MR) is 113 cm³/mol. The fourth-order valence-electron chi connectivity index (χ4n) is 3.41. The van der Waals surface area contributed by atoms with Gasteiger partial charge < -0.3 is 14.7 Å². The molecule has 2 aromatic rings. The normalized spacial score (nSPS) is 18.6. The van der Waals surface area contributed by atoms with Crippen LogP contribution in [0.2, 0.25) is 5.02 Å². The molecule has 0 aliphatic carbocycles. The summed E-state index contributed by atoms with van der Waals surface area (Å²) in [4.78, 5) is 27.2. The zero-order valence-electron chi connectivity index (χ0n) is 16.5. The number of hydrogen-bond donors (Lipinski definition) is 1. The molecule has 1 amide bonds. The van der Waals surface area contributed by atoms with Crippen molar-refractivity contribution in [3.63, 3.8) is 0 Å². The number of ketones is 1. The van der Waals surface area contributed by atoms with Crippen molar-refractivity contribution in [1.29, 1.82) is 0 Å². The van der Waals surface area contributed by atoms with Gasteiger partial charge in [-0.2, -0.15) is 0 Å². The monoisotopic (exact) mass is 413 g/mol. The molecule has 0 spiro atoms. The third-order valence-electron chi connectivity index (χ3n) is 4.77. The fraction of sp³-hybridized carbons (Fsp3) is 0.304. The van der Waals surface area contributed by atoms with Crippen LogP contribution in [0.5, 0.6) is 0 Å². The SMILES string of the molecule is CC(C)OCCCN1C(=O)C(=O)C(=C(O)c2ccc(Cl)cc2)[C@@H]1c1ccccc1. The Kier molecular flexibility index (Phi) is 6.72. The molecule has 1 saturated heterocycles. The van der Waals surface area contributed by atoms with Crippen molar-refractivity contribution < 1.29 is 19.4 Å². The van der Waals surface area contributed by atoms with Crippen LogP contribution in [0.15, 0.2) is 60.2 Å². The number of nitrogens with zero attached hydrogens (tertiary/aromatic N) is 1. The molecule has 1 heterocycles. The molecule has 152 valence electrons. The van der Waals surface area contributed by atoms with Crippen LogP contribution in [0.25, 0.3) is 5.76 Å². The fourth-order valence-corrected chi connectivity index (χ4v) is 3.54. The molecule has 2 aromatic carbocycles. The Hall–Kier alpha value is -2.63. The van der Waals surface area contributed by atoms with E-state index in [1.807, 2.05) is 44.2 Å². The summed E-state index contributed by atoms with van der Waals surface area (Å²) in [6.45, 7) is 4.73. The Morgan fingerprint density at radius 3 is 2.38 bits per heavy atom. The van der Waals surface area contributed by atoms with Crippen LogP contribution in [0.1, 0.15) is 37.4 Å². The van der Waals surface area contributed by atoms with E-state index in [-0.39, 0.29) is 17.4 Å². The first-order valence-electron chi connectivity index (χ1n) is 9.61. The van der Waals surface area contributed by atoms with Gasteiger partial charge in [0.1, 0.15) is 5.76 Å². The van der Waals surface area contributed by atoms with Crippen LogP contribution in [0, 0.1) is 0 Å². The van der Waals surface area contributed by atoms with Crippen LogP contribution >= 0.6 is 11.6 Å². The maximum Gasteiger partial charge on any atom is 0.295 e. The number of hydrogen-bond acceptors (Lipinski definition) is 4. The van der Waals surface area contributed by atoms with Gasteiger partial charge in [0.05, 0.1) is 17.7 Å². The van der Waals surface area contributed by atoms with Crippen LogP contribution < -0.4 is 0 Å². The molecule has 5 nitrogen and oxygen atoms in total. The van der Waals surface area contributed by atoms with Gasteiger partial charge in [0.25, 0.3) is 11.7 Å². The van der Waals surface area contributed by atoms with E-state index in [0.29, 0.717) is 30.2 Å².